The summed E-state index contributed by atoms with van der Waals surface area (Å²) in [6.07, 6.45) is 2.23. The molecule has 1 N–H and O–H groups in total. The molecule has 2 rings (SSSR count). The van der Waals surface area contributed by atoms with Crippen LogP contribution in [0.25, 0.3) is 0 Å². The van der Waals surface area contributed by atoms with Crippen LogP contribution in [0.1, 0.15) is 37.4 Å². The van der Waals surface area contributed by atoms with Crippen LogP contribution in [-0.2, 0) is 11.2 Å². The van der Waals surface area contributed by atoms with E-state index in [0.29, 0.717) is 0 Å². The molecule has 1 aliphatic heterocycles. The predicted molar refractivity (Wildman–Crippen MR) is 73.1 cm³/mol. The molecule has 0 amide bonds. The highest BCUT2D eigenvalue weighted by Gasteiger charge is 2.22. The predicted octanol–water partition coefficient (Wildman–Crippen LogP) is 2.70. The molecule has 1 heterocycles. The van der Waals surface area contributed by atoms with Crippen LogP contribution >= 0.6 is 0 Å². The van der Waals surface area contributed by atoms with Crippen molar-refractivity contribution in [2.75, 3.05) is 20.3 Å². The van der Waals surface area contributed by atoms with Crippen LogP contribution in [0.4, 0.5) is 0 Å². The van der Waals surface area contributed by atoms with Crippen molar-refractivity contribution in [1.82, 2.24) is 5.32 Å². The van der Waals surface area contributed by atoms with Gasteiger partial charge in [0, 0.05) is 13.5 Å². The van der Waals surface area contributed by atoms with Gasteiger partial charge in [-0.05, 0) is 30.2 Å². The maximum Gasteiger partial charge on any atom is 0.122 e. The number of rotatable bonds is 6. The van der Waals surface area contributed by atoms with E-state index in [0.717, 1.165) is 31.7 Å². The van der Waals surface area contributed by atoms with Crippen LogP contribution in [0.2, 0.25) is 0 Å². The molecular weight excluding hydrogens is 226 g/mol. The third-order valence-electron chi connectivity index (χ3n) is 3.57. The number of fused-ring (bicyclic) bond motifs is 1. The van der Waals surface area contributed by atoms with Gasteiger partial charge in [0.1, 0.15) is 5.75 Å². The third-order valence-corrected chi connectivity index (χ3v) is 3.57. The molecule has 0 aliphatic carbocycles. The summed E-state index contributed by atoms with van der Waals surface area (Å²) in [4.78, 5) is 0. The minimum absolute atomic E-state index is 0.213. The second-order valence-electron chi connectivity index (χ2n) is 4.68. The molecule has 0 spiro atoms. The van der Waals surface area contributed by atoms with Gasteiger partial charge < -0.3 is 14.8 Å². The molecule has 0 fully saturated rings. The lowest BCUT2D eigenvalue weighted by molar-refractivity contribution is 0.0656. The summed E-state index contributed by atoms with van der Waals surface area (Å²) in [6.45, 7) is 6.05. The van der Waals surface area contributed by atoms with Gasteiger partial charge in [-0.2, -0.15) is 0 Å². The van der Waals surface area contributed by atoms with Crippen LogP contribution in [0.5, 0.6) is 5.75 Å². The fourth-order valence-electron chi connectivity index (χ4n) is 2.62. The first kappa shape index (κ1) is 13.4. The summed E-state index contributed by atoms with van der Waals surface area (Å²) in [7, 11) is 1.79. The monoisotopic (exact) mass is 249 g/mol. The van der Waals surface area contributed by atoms with Gasteiger partial charge in [-0.15, -0.1) is 0 Å². The number of nitrogens with one attached hydrogen (secondary N) is 1. The quantitative estimate of drug-likeness (QED) is 0.841. The molecule has 0 aromatic heterocycles. The zero-order chi connectivity index (χ0) is 13.0. The van der Waals surface area contributed by atoms with Gasteiger partial charge in [0.25, 0.3) is 0 Å². The van der Waals surface area contributed by atoms with Gasteiger partial charge in [0.2, 0.25) is 0 Å². The van der Waals surface area contributed by atoms with Gasteiger partial charge in [-0.25, -0.2) is 0 Å². The van der Waals surface area contributed by atoms with E-state index in [2.05, 4.69) is 37.4 Å². The van der Waals surface area contributed by atoms with E-state index in [9.17, 15) is 0 Å². The van der Waals surface area contributed by atoms with Gasteiger partial charge >= 0.3 is 0 Å². The van der Waals surface area contributed by atoms with E-state index >= 15 is 0 Å². The summed E-state index contributed by atoms with van der Waals surface area (Å²) < 4.78 is 11.1. The van der Waals surface area contributed by atoms with Gasteiger partial charge in [-0.1, -0.05) is 26.0 Å². The van der Waals surface area contributed by atoms with Gasteiger partial charge in [-0.3, -0.25) is 0 Å². The number of benzene rings is 1. The lowest BCUT2D eigenvalue weighted by Crippen LogP contribution is -2.32. The minimum Gasteiger partial charge on any atom is -0.493 e. The van der Waals surface area contributed by atoms with E-state index in [1.54, 1.807) is 7.11 Å². The summed E-state index contributed by atoms with van der Waals surface area (Å²) in [5.41, 5.74) is 2.62. The van der Waals surface area contributed by atoms with Crippen LogP contribution in [-0.4, -0.2) is 26.4 Å². The molecule has 1 aromatic rings. The summed E-state index contributed by atoms with van der Waals surface area (Å²) >= 11 is 0. The maximum absolute atomic E-state index is 5.59. The molecule has 3 heteroatoms. The Labute approximate surface area is 109 Å². The van der Waals surface area contributed by atoms with Crippen molar-refractivity contribution >= 4 is 0 Å². The van der Waals surface area contributed by atoms with Crippen LogP contribution in [0.3, 0.4) is 0 Å². The molecule has 3 nitrogen and oxygen atoms in total. The Morgan fingerprint density at radius 1 is 1.39 bits per heavy atom. The average Bonchev–Trinajstić information content (AvgIpc) is 2.86. The van der Waals surface area contributed by atoms with E-state index in [1.807, 2.05) is 0 Å². The second kappa shape index (κ2) is 6.21. The molecule has 1 aliphatic rings. The molecule has 2 atom stereocenters. The zero-order valence-electron chi connectivity index (χ0n) is 11.5. The van der Waals surface area contributed by atoms with Crippen molar-refractivity contribution in [2.45, 2.75) is 38.8 Å². The standard InChI is InChI=1S/C15H23NO2/c1-4-13(17-3)15(16-5-2)12-6-7-14-11(10-12)8-9-18-14/h6-7,10,13,15-16H,4-5,8-9H2,1-3H3. The molecule has 0 saturated heterocycles. The Morgan fingerprint density at radius 3 is 2.89 bits per heavy atom. The number of hydrogen-bond acceptors (Lipinski definition) is 3. The molecule has 0 radical (unpaired) electrons. The van der Waals surface area contributed by atoms with E-state index in [4.69, 9.17) is 9.47 Å². The lowest BCUT2D eigenvalue weighted by atomic mass is 9.97. The Balaban J connectivity index is 2.24. The topological polar surface area (TPSA) is 30.5 Å². The van der Waals surface area contributed by atoms with Crippen LogP contribution in [0, 0.1) is 0 Å². The summed E-state index contributed by atoms with van der Waals surface area (Å²) in [5.74, 6) is 1.04. The highest BCUT2D eigenvalue weighted by atomic mass is 16.5. The fourth-order valence-corrected chi connectivity index (χ4v) is 2.62. The highest BCUT2D eigenvalue weighted by molar-refractivity contribution is 5.41. The third kappa shape index (κ3) is 2.68. The smallest absolute Gasteiger partial charge is 0.122 e. The first-order chi connectivity index (χ1) is 8.80. The van der Waals surface area contributed by atoms with Crippen LogP contribution < -0.4 is 10.1 Å². The largest absolute Gasteiger partial charge is 0.493 e. The molecular formula is C15H23NO2. The molecule has 2 unspecified atom stereocenters. The Kier molecular flexibility index (Phi) is 4.61. The number of likely N-dealkylation sites (N-methyl/N-ethyl adjacent to an activating group) is 1. The first-order valence-corrected chi connectivity index (χ1v) is 6.82. The molecule has 100 valence electrons. The minimum atomic E-state index is 0.213. The highest BCUT2D eigenvalue weighted by Crippen LogP contribution is 2.30. The Bertz CT molecular complexity index is 388. The maximum atomic E-state index is 5.59. The van der Waals surface area contributed by atoms with E-state index < -0.39 is 0 Å². The van der Waals surface area contributed by atoms with Crippen molar-refractivity contribution in [3.8, 4) is 5.75 Å². The van der Waals surface area contributed by atoms with Crippen molar-refractivity contribution in [1.29, 1.82) is 0 Å². The van der Waals surface area contributed by atoms with Crippen molar-refractivity contribution in [2.24, 2.45) is 0 Å². The number of hydrogen-bond donors (Lipinski definition) is 1. The second-order valence-corrected chi connectivity index (χ2v) is 4.68. The van der Waals surface area contributed by atoms with Gasteiger partial charge in [0.05, 0.1) is 18.8 Å². The van der Waals surface area contributed by atoms with E-state index in [1.165, 1.54) is 11.1 Å². The van der Waals surface area contributed by atoms with Crippen molar-refractivity contribution in [3.05, 3.63) is 29.3 Å². The van der Waals surface area contributed by atoms with E-state index in [-0.39, 0.29) is 12.1 Å². The zero-order valence-corrected chi connectivity index (χ0v) is 11.5. The van der Waals surface area contributed by atoms with Crippen molar-refractivity contribution in [3.63, 3.8) is 0 Å². The van der Waals surface area contributed by atoms with Crippen molar-refractivity contribution < 1.29 is 9.47 Å². The Hall–Kier alpha value is -1.06. The SMILES string of the molecule is CCNC(c1ccc2c(c1)CCO2)C(CC)OC. The molecule has 0 saturated carbocycles. The number of ether oxygens (including phenoxy) is 2. The summed E-state index contributed by atoms with van der Waals surface area (Å²) in [5, 5.41) is 3.53. The first-order valence-electron chi connectivity index (χ1n) is 6.82. The van der Waals surface area contributed by atoms with Gasteiger partial charge in [0.15, 0.2) is 0 Å². The molecule has 1 aromatic carbocycles. The van der Waals surface area contributed by atoms with Crippen LogP contribution in [0.15, 0.2) is 18.2 Å². The average molecular weight is 249 g/mol. The Morgan fingerprint density at radius 2 is 2.22 bits per heavy atom. The fraction of sp³-hybridized carbons (Fsp3) is 0.600. The summed E-state index contributed by atoms with van der Waals surface area (Å²) in [6, 6.07) is 6.76. The lowest BCUT2D eigenvalue weighted by Gasteiger charge is -2.26. The molecule has 0 bridgehead atoms. The normalized spacial score (nSPS) is 17.1. The number of methoxy groups -OCH3 is 1. The molecule has 18 heavy (non-hydrogen) atoms.